The monoisotopic (exact) mass is 538 g/mol. The van der Waals surface area contributed by atoms with Crippen molar-refractivity contribution in [2.24, 2.45) is 0 Å². The van der Waals surface area contributed by atoms with Crippen LogP contribution in [0, 0.1) is 5.82 Å². The number of amides is 3. The maximum absolute atomic E-state index is 13.9. The van der Waals surface area contributed by atoms with E-state index in [1.54, 1.807) is 36.4 Å². The van der Waals surface area contributed by atoms with Crippen LogP contribution in [0.15, 0.2) is 60.3 Å². The Morgan fingerprint density at radius 2 is 1.62 bits per heavy atom. The van der Waals surface area contributed by atoms with Gasteiger partial charge >= 0.3 is 6.03 Å². The number of carbonyl (C=O) groups excluding carboxylic acids is 2. The molecular formula is C24H15Cl4FN2O3. The molecule has 0 bridgehead atoms. The molecular weight excluding hydrogens is 525 g/mol. The van der Waals surface area contributed by atoms with Gasteiger partial charge in [0.2, 0.25) is 0 Å². The molecule has 1 heterocycles. The predicted molar refractivity (Wildman–Crippen MR) is 131 cm³/mol. The molecule has 4 rings (SSSR count). The number of hydrogen-bond donors (Lipinski definition) is 1. The van der Waals surface area contributed by atoms with Crippen LogP contribution in [-0.2, 0) is 17.9 Å². The van der Waals surface area contributed by atoms with E-state index in [4.69, 9.17) is 51.1 Å². The van der Waals surface area contributed by atoms with Crippen LogP contribution in [-0.4, -0.2) is 16.8 Å². The van der Waals surface area contributed by atoms with Gasteiger partial charge in [-0.2, -0.15) is 0 Å². The van der Waals surface area contributed by atoms with Crippen LogP contribution in [0.25, 0.3) is 6.08 Å². The summed E-state index contributed by atoms with van der Waals surface area (Å²) in [5, 5.41) is 3.73. The SMILES string of the molecule is O=C1N/C(=C/c2cc(Cl)c(OCc3ccc(Cl)c(Cl)c3)c(Cl)c2)C(=O)N1Cc1ccccc1F. The van der Waals surface area contributed by atoms with Gasteiger partial charge in [-0.25, -0.2) is 9.18 Å². The van der Waals surface area contributed by atoms with Crippen molar-refractivity contribution in [2.45, 2.75) is 13.2 Å². The number of nitrogens with zero attached hydrogens (tertiary/aromatic N) is 1. The minimum atomic E-state index is -0.654. The molecule has 0 unspecified atom stereocenters. The molecule has 5 nitrogen and oxygen atoms in total. The van der Waals surface area contributed by atoms with Crippen LogP contribution < -0.4 is 10.1 Å². The summed E-state index contributed by atoms with van der Waals surface area (Å²) in [7, 11) is 0. The molecule has 0 aromatic heterocycles. The molecule has 34 heavy (non-hydrogen) atoms. The van der Waals surface area contributed by atoms with Crippen molar-refractivity contribution in [2.75, 3.05) is 0 Å². The molecule has 0 spiro atoms. The van der Waals surface area contributed by atoms with Crippen LogP contribution in [0.1, 0.15) is 16.7 Å². The third-order valence-electron chi connectivity index (χ3n) is 4.95. The Morgan fingerprint density at radius 3 is 2.29 bits per heavy atom. The highest BCUT2D eigenvalue weighted by Gasteiger charge is 2.34. The molecule has 3 amide bonds. The van der Waals surface area contributed by atoms with Crippen LogP contribution in [0.4, 0.5) is 9.18 Å². The standard InChI is InChI=1S/C24H15Cl4FN2O3/c25-16-6-5-13(7-17(16)26)12-34-22-18(27)8-14(9-19(22)28)10-21-23(32)31(24(33)30-21)11-15-3-1-2-4-20(15)29/h1-10H,11-12H2,(H,30,33)/b21-10+. The van der Waals surface area contributed by atoms with E-state index in [1.807, 2.05) is 0 Å². The lowest BCUT2D eigenvalue weighted by molar-refractivity contribution is -0.123. The van der Waals surface area contributed by atoms with Gasteiger partial charge in [-0.3, -0.25) is 9.69 Å². The smallest absolute Gasteiger partial charge is 0.329 e. The van der Waals surface area contributed by atoms with Gasteiger partial charge in [0, 0.05) is 5.56 Å². The Labute approximate surface area is 214 Å². The minimum Gasteiger partial charge on any atom is -0.486 e. The number of rotatable bonds is 6. The second-order valence-electron chi connectivity index (χ2n) is 7.32. The summed E-state index contributed by atoms with van der Waals surface area (Å²) in [6.45, 7) is -0.0476. The van der Waals surface area contributed by atoms with Crippen LogP contribution >= 0.6 is 46.4 Å². The molecule has 3 aromatic carbocycles. The summed E-state index contributed by atoms with van der Waals surface area (Å²) in [6.07, 6.45) is 1.43. The van der Waals surface area contributed by atoms with E-state index in [9.17, 15) is 14.0 Å². The lowest BCUT2D eigenvalue weighted by Crippen LogP contribution is -2.30. The molecule has 0 aliphatic carbocycles. The fourth-order valence-corrected chi connectivity index (χ4v) is 4.20. The highest BCUT2D eigenvalue weighted by molar-refractivity contribution is 6.42. The van der Waals surface area contributed by atoms with Gasteiger partial charge in [0.05, 0.1) is 26.6 Å². The lowest BCUT2D eigenvalue weighted by atomic mass is 10.1. The maximum Gasteiger partial charge on any atom is 0.329 e. The van der Waals surface area contributed by atoms with Crippen LogP contribution in [0.5, 0.6) is 5.75 Å². The topological polar surface area (TPSA) is 58.6 Å². The summed E-state index contributed by atoms with van der Waals surface area (Å²) in [6, 6.07) is 13.5. The number of halogens is 5. The number of nitrogens with one attached hydrogen (secondary N) is 1. The van der Waals surface area contributed by atoms with Crippen molar-refractivity contribution in [1.82, 2.24) is 10.2 Å². The van der Waals surface area contributed by atoms with Crippen molar-refractivity contribution in [1.29, 1.82) is 0 Å². The second kappa shape index (κ2) is 10.2. The van der Waals surface area contributed by atoms with E-state index >= 15 is 0 Å². The first kappa shape index (κ1) is 24.4. The van der Waals surface area contributed by atoms with E-state index in [0.717, 1.165) is 10.5 Å². The quantitative estimate of drug-likeness (QED) is 0.268. The fraction of sp³-hybridized carbons (Fsp3) is 0.0833. The Kier molecular flexibility index (Phi) is 7.33. The molecule has 0 atom stereocenters. The van der Waals surface area contributed by atoms with Crippen molar-refractivity contribution in [3.63, 3.8) is 0 Å². The van der Waals surface area contributed by atoms with E-state index < -0.39 is 17.8 Å². The zero-order valence-corrected chi connectivity index (χ0v) is 20.3. The summed E-state index contributed by atoms with van der Waals surface area (Å²) in [4.78, 5) is 25.9. The van der Waals surface area contributed by atoms with Crippen LogP contribution in [0.2, 0.25) is 20.1 Å². The number of benzene rings is 3. The number of urea groups is 1. The van der Waals surface area contributed by atoms with Gasteiger partial charge in [-0.15, -0.1) is 0 Å². The highest BCUT2D eigenvalue weighted by Crippen LogP contribution is 2.36. The number of hydrogen-bond acceptors (Lipinski definition) is 3. The minimum absolute atomic E-state index is 0.0120. The molecule has 0 radical (unpaired) electrons. The summed E-state index contributed by atoms with van der Waals surface area (Å²) >= 11 is 24.6. The van der Waals surface area contributed by atoms with E-state index in [1.165, 1.54) is 24.3 Å². The van der Waals surface area contributed by atoms with Gasteiger partial charge in [0.15, 0.2) is 5.75 Å². The average Bonchev–Trinajstić information content (AvgIpc) is 3.04. The number of imide groups is 1. The number of carbonyl (C=O) groups is 2. The van der Waals surface area contributed by atoms with Crippen molar-refractivity contribution < 1.29 is 18.7 Å². The molecule has 1 aliphatic heterocycles. The summed E-state index contributed by atoms with van der Waals surface area (Å²) in [5.74, 6) is -0.851. The van der Waals surface area contributed by atoms with Gasteiger partial charge in [-0.1, -0.05) is 70.7 Å². The second-order valence-corrected chi connectivity index (χ2v) is 8.95. The molecule has 0 saturated carbocycles. The van der Waals surface area contributed by atoms with Gasteiger partial charge in [0.1, 0.15) is 18.1 Å². The molecule has 1 fully saturated rings. The maximum atomic E-state index is 13.9. The Bertz CT molecular complexity index is 1310. The zero-order valence-electron chi connectivity index (χ0n) is 17.2. The van der Waals surface area contributed by atoms with E-state index in [-0.39, 0.29) is 40.2 Å². The Hall–Kier alpha value is -2.77. The zero-order chi connectivity index (χ0) is 24.4. The predicted octanol–water partition coefficient (Wildman–Crippen LogP) is 7.11. The molecule has 10 heteroatoms. The van der Waals surface area contributed by atoms with Crippen molar-refractivity contribution in [3.8, 4) is 5.75 Å². The molecule has 1 aliphatic rings. The highest BCUT2D eigenvalue weighted by atomic mass is 35.5. The fourth-order valence-electron chi connectivity index (χ4n) is 3.26. The van der Waals surface area contributed by atoms with Crippen LogP contribution in [0.3, 0.4) is 0 Å². The normalized spacial score (nSPS) is 14.6. The van der Waals surface area contributed by atoms with E-state index in [0.29, 0.717) is 15.6 Å². The number of ether oxygens (including phenoxy) is 1. The molecule has 1 N–H and O–H groups in total. The first-order valence-corrected chi connectivity index (χ1v) is 11.4. The summed E-state index contributed by atoms with van der Waals surface area (Å²) < 4.78 is 19.7. The van der Waals surface area contributed by atoms with Gasteiger partial charge in [0.25, 0.3) is 5.91 Å². The molecule has 1 saturated heterocycles. The lowest BCUT2D eigenvalue weighted by Gasteiger charge is -2.12. The van der Waals surface area contributed by atoms with Crippen molar-refractivity contribution in [3.05, 3.63) is 103 Å². The molecule has 174 valence electrons. The third-order valence-corrected chi connectivity index (χ3v) is 6.25. The Morgan fingerprint density at radius 1 is 0.912 bits per heavy atom. The Balaban J connectivity index is 1.50. The average molecular weight is 540 g/mol. The van der Waals surface area contributed by atoms with Gasteiger partial charge in [-0.05, 0) is 47.5 Å². The largest absolute Gasteiger partial charge is 0.486 e. The van der Waals surface area contributed by atoms with E-state index in [2.05, 4.69) is 5.32 Å². The van der Waals surface area contributed by atoms with Crippen molar-refractivity contribution >= 4 is 64.4 Å². The van der Waals surface area contributed by atoms with Gasteiger partial charge < -0.3 is 10.1 Å². The first-order chi connectivity index (χ1) is 16.2. The molecule has 3 aromatic rings. The summed E-state index contributed by atoms with van der Waals surface area (Å²) in [5.41, 5.74) is 1.47. The first-order valence-electron chi connectivity index (χ1n) is 9.86. The third kappa shape index (κ3) is 5.31.